The Morgan fingerprint density at radius 3 is 2.41 bits per heavy atom. The van der Waals surface area contributed by atoms with E-state index in [0.29, 0.717) is 6.07 Å². The molecule has 0 aromatic heterocycles. The van der Waals surface area contributed by atoms with Crippen molar-refractivity contribution in [2.24, 2.45) is 0 Å². The van der Waals surface area contributed by atoms with Crippen LogP contribution in [0, 0.1) is 11.6 Å². The van der Waals surface area contributed by atoms with Crippen LogP contribution in [0.5, 0.6) is 0 Å². The van der Waals surface area contributed by atoms with Crippen LogP contribution >= 0.6 is 0 Å². The molecule has 0 atom stereocenters. The normalized spacial score (nSPS) is 9.82. The molecule has 0 amide bonds. The zero-order chi connectivity index (χ0) is 13.0. The van der Waals surface area contributed by atoms with E-state index in [2.05, 4.69) is 4.74 Å². The average molecular weight is 242 g/mol. The number of methoxy groups -OCH3 is 1. The summed E-state index contributed by atoms with van der Waals surface area (Å²) >= 11 is 0. The van der Waals surface area contributed by atoms with Gasteiger partial charge in [-0.15, -0.1) is 0 Å². The van der Waals surface area contributed by atoms with Crippen molar-refractivity contribution in [3.63, 3.8) is 0 Å². The Labute approximate surface area is 95.2 Å². The van der Waals surface area contributed by atoms with Crippen LogP contribution in [0.1, 0.15) is 16.8 Å². The Morgan fingerprint density at radius 1 is 1.24 bits per heavy atom. The standard InChI is InChI=1S/C11H8F2O4/c1-17-10(15)5-9(14)11(16)7-3-2-6(12)4-8(7)13/h2-4H,5H2,1H3. The first-order valence-corrected chi connectivity index (χ1v) is 4.55. The fourth-order valence-corrected chi connectivity index (χ4v) is 1.11. The van der Waals surface area contributed by atoms with Gasteiger partial charge in [-0.1, -0.05) is 0 Å². The molecular formula is C11H8F2O4. The lowest BCUT2D eigenvalue weighted by Crippen LogP contribution is -2.20. The molecular weight excluding hydrogens is 234 g/mol. The lowest BCUT2D eigenvalue weighted by molar-refractivity contribution is -0.142. The monoisotopic (exact) mass is 242 g/mol. The number of hydrogen-bond donors (Lipinski definition) is 0. The van der Waals surface area contributed by atoms with Crippen LogP contribution < -0.4 is 0 Å². The van der Waals surface area contributed by atoms with E-state index in [1.54, 1.807) is 0 Å². The zero-order valence-electron chi connectivity index (χ0n) is 8.83. The Bertz CT molecular complexity index is 482. The molecule has 1 aromatic rings. The highest BCUT2D eigenvalue weighted by molar-refractivity contribution is 6.45. The summed E-state index contributed by atoms with van der Waals surface area (Å²) in [5.41, 5.74) is -0.569. The fourth-order valence-electron chi connectivity index (χ4n) is 1.11. The van der Waals surface area contributed by atoms with Crippen molar-refractivity contribution < 1.29 is 27.9 Å². The minimum absolute atomic E-state index is 0.485. The Morgan fingerprint density at radius 2 is 1.88 bits per heavy atom. The Kier molecular flexibility index (Phi) is 4.03. The minimum atomic E-state index is -1.19. The highest BCUT2D eigenvalue weighted by atomic mass is 19.1. The highest BCUT2D eigenvalue weighted by Gasteiger charge is 2.22. The minimum Gasteiger partial charge on any atom is -0.469 e. The highest BCUT2D eigenvalue weighted by Crippen LogP contribution is 2.11. The maximum Gasteiger partial charge on any atom is 0.313 e. The summed E-state index contributed by atoms with van der Waals surface area (Å²) in [7, 11) is 1.05. The number of halogens is 2. The van der Waals surface area contributed by atoms with Crippen LogP contribution in [0.2, 0.25) is 0 Å². The van der Waals surface area contributed by atoms with Gasteiger partial charge in [-0.2, -0.15) is 0 Å². The molecule has 4 nitrogen and oxygen atoms in total. The van der Waals surface area contributed by atoms with Crippen molar-refractivity contribution in [1.82, 2.24) is 0 Å². The molecule has 0 saturated carbocycles. The van der Waals surface area contributed by atoms with E-state index in [1.807, 2.05) is 0 Å². The second kappa shape index (κ2) is 5.29. The third-order valence-electron chi connectivity index (χ3n) is 1.96. The smallest absolute Gasteiger partial charge is 0.313 e. The van der Waals surface area contributed by atoms with Gasteiger partial charge in [0.25, 0.3) is 0 Å². The molecule has 17 heavy (non-hydrogen) atoms. The lowest BCUT2D eigenvalue weighted by Gasteiger charge is -2.01. The van der Waals surface area contributed by atoms with Gasteiger partial charge in [0.1, 0.15) is 18.1 Å². The Balaban J connectivity index is 2.89. The van der Waals surface area contributed by atoms with Gasteiger partial charge in [0.15, 0.2) is 0 Å². The third-order valence-corrected chi connectivity index (χ3v) is 1.96. The van der Waals surface area contributed by atoms with Crippen LogP contribution in [-0.4, -0.2) is 24.6 Å². The number of ketones is 2. The fraction of sp³-hybridized carbons (Fsp3) is 0.182. The maximum absolute atomic E-state index is 13.2. The van der Waals surface area contributed by atoms with Gasteiger partial charge < -0.3 is 4.74 Å². The predicted octanol–water partition coefficient (Wildman–Crippen LogP) is 1.28. The second-order valence-corrected chi connectivity index (χ2v) is 3.13. The van der Waals surface area contributed by atoms with E-state index >= 15 is 0 Å². The maximum atomic E-state index is 13.2. The topological polar surface area (TPSA) is 60.4 Å². The average Bonchev–Trinajstić information content (AvgIpc) is 2.28. The zero-order valence-corrected chi connectivity index (χ0v) is 8.83. The number of rotatable bonds is 4. The number of benzene rings is 1. The molecule has 0 aliphatic rings. The van der Waals surface area contributed by atoms with Gasteiger partial charge in [-0.25, -0.2) is 8.78 Å². The summed E-state index contributed by atoms with van der Waals surface area (Å²) in [4.78, 5) is 33.4. The van der Waals surface area contributed by atoms with Crippen molar-refractivity contribution in [2.75, 3.05) is 7.11 Å². The first-order chi connectivity index (χ1) is 7.95. The van der Waals surface area contributed by atoms with E-state index in [9.17, 15) is 23.2 Å². The van der Waals surface area contributed by atoms with E-state index in [0.717, 1.165) is 19.2 Å². The number of carbonyl (C=O) groups is 3. The first kappa shape index (κ1) is 13.0. The lowest BCUT2D eigenvalue weighted by atomic mass is 10.0. The molecule has 1 aromatic carbocycles. The van der Waals surface area contributed by atoms with E-state index in [-0.39, 0.29) is 0 Å². The SMILES string of the molecule is COC(=O)CC(=O)C(=O)c1ccc(F)cc1F. The summed E-state index contributed by atoms with van der Waals surface area (Å²) in [6.07, 6.45) is -0.772. The van der Waals surface area contributed by atoms with Crippen LogP contribution in [0.25, 0.3) is 0 Å². The van der Waals surface area contributed by atoms with Crippen molar-refractivity contribution in [1.29, 1.82) is 0 Å². The molecule has 0 spiro atoms. The number of carbonyl (C=O) groups excluding carboxylic acids is 3. The van der Waals surface area contributed by atoms with Crippen molar-refractivity contribution >= 4 is 17.5 Å². The van der Waals surface area contributed by atoms with E-state index in [1.165, 1.54) is 0 Å². The van der Waals surface area contributed by atoms with Crippen LogP contribution in [0.3, 0.4) is 0 Å². The second-order valence-electron chi connectivity index (χ2n) is 3.13. The van der Waals surface area contributed by atoms with Crippen LogP contribution in [0.4, 0.5) is 8.78 Å². The molecule has 0 N–H and O–H groups in total. The van der Waals surface area contributed by atoms with Gasteiger partial charge in [-0.05, 0) is 12.1 Å². The predicted molar refractivity (Wildman–Crippen MR) is 52.3 cm³/mol. The number of hydrogen-bond acceptors (Lipinski definition) is 4. The van der Waals surface area contributed by atoms with E-state index < -0.39 is 41.2 Å². The molecule has 0 saturated heterocycles. The van der Waals surface area contributed by atoms with Gasteiger partial charge in [0.2, 0.25) is 11.6 Å². The van der Waals surface area contributed by atoms with Gasteiger partial charge in [0, 0.05) is 6.07 Å². The summed E-state index contributed by atoms with van der Waals surface area (Å²) < 4.78 is 29.9. The summed E-state index contributed by atoms with van der Waals surface area (Å²) in [5, 5.41) is 0. The molecule has 0 unspecified atom stereocenters. The molecule has 6 heteroatoms. The van der Waals surface area contributed by atoms with Crippen LogP contribution in [0.15, 0.2) is 18.2 Å². The molecule has 0 radical (unpaired) electrons. The van der Waals surface area contributed by atoms with Crippen molar-refractivity contribution in [3.05, 3.63) is 35.4 Å². The molecule has 0 aliphatic carbocycles. The molecule has 0 fully saturated rings. The largest absolute Gasteiger partial charge is 0.469 e. The van der Waals surface area contributed by atoms with E-state index in [4.69, 9.17) is 0 Å². The molecule has 0 heterocycles. The summed E-state index contributed by atoms with van der Waals surface area (Å²) in [6.45, 7) is 0. The number of esters is 1. The third kappa shape index (κ3) is 3.17. The first-order valence-electron chi connectivity index (χ1n) is 4.55. The molecule has 0 bridgehead atoms. The van der Waals surface area contributed by atoms with Gasteiger partial charge >= 0.3 is 5.97 Å². The van der Waals surface area contributed by atoms with Crippen molar-refractivity contribution in [2.45, 2.75) is 6.42 Å². The van der Waals surface area contributed by atoms with Gasteiger partial charge in [-0.3, -0.25) is 14.4 Å². The Hall–Kier alpha value is -2.11. The molecule has 0 aliphatic heterocycles. The van der Waals surface area contributed by atoms with Gasteiger partial charge in [0.05, 0.1) is 12.7 Å². The number of ether oxygens (including phenoxy) is 1. The molecule has 1 rings (SSSR count). The van der Waals surface area contributed by atoms with Crippen molar-refractivity contribution in [3.8, 4) is 0 Å². The summed E-state index contributed by atoms with van der Waals surface area (Å²) in [6, 6.07) is 2.18. The molecule has 90 valence electrons. The quantitative estimate of drug-likeness (QED) is 0.345. The number of Topliss-reactive ketones (excluding diaryl/α,β-unsaturated/α-hetero) is 2. The van der Waals surface area contributed by atoms with Crippen LogP contribution in [-0.2, 0) is 14.3 Å². The summed E-state index contributed by atoms with van der Waals surface area (Å²) in [5.74, 6) is -5.20.